The van der Waals surface area contributed by atoms with E-state index in [4.69, 9.17) is 18.9 Å². The smallest absolute Gasteiger partial charge is 0.132 e. The molecule has 34 heavy (non-hydrogen) atoms. The lowest BCUT2D eigenvalue weighted by Gasteiger charge is -2.18. The molecule has 0 amide bonds. The van der Waals surface area contributed by atoms with Crippen LogP contribution in [0.15, 0.2) is 72.8 Å². The van der Waals surface area contributed by atoms with Crippen molar-refractivity contribution in [3.05, 3.63) is 95.1 Å². The van der Waals surface area contributed by atoms with Gasteiger partial charge in [0.1, 0.15) is 35.2 Å². The fourth-order valence-electron chi connectivity index (χ4n) is 5.63. The van der Waals surface area contributed by atoms with Gasteiger partial charge in [0.2, 0.25) is 0 Å². The molecule has 0 bridgehead atoms. The van der Waals surface area contributed by atoms with Crippen molar-refractivity contribution < 1.29 is 18.9 Å². The van der Waals surface area contributed by atoms with Gasteiger partial charge in [0.05, 0.1) is 14.2 Å². The molecule has 0 spiro atoms. The largest absolute Gasteiger partial charge is 0.497 e. The Hall–Kier alpha value is -3.66. The van der Waals surface area contributed by atoms with Gasteiger partial charge < -0.3 is 18.9 Å². The minimum Gasteiger partial charge on any atom is -0.497 e. The van der Waals surface area contributed by atoms with E-state index in [0.29, 0.717) is 0 Å². The highest BCUT2D eigenvalue weighted by Gasteiger charge is 2.44. The van der Waals surface area contributed by atoms with E-state index >= 15 is 0 Å². The summed E-state index contributed by atoms with van der Waals surface area (Å²) >= 11 is 0. The van der Waals surface area contributed by atoms with Gasteiger partial charge in [0.15, 0.2) is 0 Å². The summed E-state index contributed by atoms with van der Waals surface area (Å²) in [6.07, 6.45) is -0.105. The van der Waals surface area contributed by atoms with Crippen LogP contribution < -0.4 is 18.9 Å². The predicted octanol–water partition coefficient (Wildman–Crippen LogP) is 7.33. The Morgan fingerprint density at radius 1 is 0.559 bits per heavy atom. The molecule has 4 heteroatoms. The van der Waals surface area contributed by atoms with Gasteiger partial charge in [0, 0.05) is 33.7 Å². The topological polar surface area (TPSA) is 36.9 Å². The van der Waals surface area contributed by atoms with Crippen molar-refractivity contribution in [1.29, 1.82) is 0 Å². The van der Waals surface area contributed by atoms with Gasteiger partial charge in [-0.1, -0.05) is 62.4 Å². The van der Waals surface area contributed by atoms with Crippen LogP contribution in [-0.2, 0) is 0 Å². The second kappa shape index (κ2) is 7.98. The Bertz CT molecular complexity index is 1250. The molecule has 4 unspecified atom stereocenters. The first-order valence-corrected chi connectivity index (χ1v) is 11.8. The molecule has 0 N–H and O–H groups in total. The molecule has 0 saturated heterocycles. The van der Waals surface area contributed by atoms with Crippen LogP contribution in [0.25, 0.3) is 10.8 Å². The maximum Gasteiger partial charge on any atom is 0.132 e. The zero-order valence-corrected chi connectivity index (χ0v) is 19.9. The molecular formula is C30H28O4. The van der Waals surface area contributed by atoms with Gasteiger partial charge in [-0.25, -0.2) is 0 Å². The number of hydrogen-bond acceptors (Lipinski definition) is 4. The molecule has 0 aromatic heterocycles. The summed E-state index contributed by atoms with van der Waals surface area (Å²) in [5.74, 6) is 4.08. The zero-order chi connectivity index (χ0) is 23.4. The summed E-state index contributed by atoms with van der Waals surface area (Å²) in [5.41, 5.74) is 4.86. The van der Waals surface area contributed by atoms with Crippen LogP contribution in [0.2, 0.25) is 0 Å². The Balaban J connectivity index is 1.47. The molecule has 0 radical (unpaired) electrons. The standard InChI is InChI=1S/C30H28O4/c1-17-25-26-18(2)28(20-11-15-22(32-4)16-12-20)34-30(26)24-8-6-5-7-23(24)29(25)33-27(17)19-9-13-21(31-3)14-10-19/h5-18,27-28H,1-4H3. The van der Waals surface area contributed by atoms with Crippen molar-refractivity contribution in [2.75, 3.05) is 14.2 Å². The third kappa shape index (κ3) is 3.05. The van der Waals surface area contributed by atoms with Gasteiger partial charge in [0.25, 0.3) is 0 Å². The predicted molar refractivity (Wildman–Crippen MR) is 134 cm³/mol. The summed E-state index contributed by atoms with van der Waals surface area (Å²) in [5, 5.41) is 2.23. The third-order valence-corrected chi connectivity index (χ3v) is 7.39. The molecular weight excluding hydrogens is 424 g/mol. The van der Waals surface area contributed by atoms with Crippen LogP contribution >= 0.6 is 0 Å². The summed E-state index contributed by atoms with van der Waals surface area (Å²) in [6.45, 7) is 4.53. The molecule has 2 aliphatic heterocycles. The maximum atomic E-state index is 6.72. The summed E-state index contributed by atoms with van der Waals surface area (Å²) < 4.78 is 24.2. The first-order chi connectivity index (χ1) is 16.6. The molecule has 2 aliphatic rings. The van der Waals surface area contributed by atoms with Crippen LogP contribution in [0.3, 0.4) is 0 Å². The van der Waals surface area contributed by atoms with E-state index in [0.717, 1.165) is 44.9 Å². The van der Waals surface area contributed by atoms with E-state index in [1.807, 2.05) is 24.3 Å². The fraction of sp³-hybridized carbons (Fsp3) is 0.267. The first-order valence-electron chi connectivity index (χ1n) is 11.8. The second-order valence-corrected chi connectivity index (χ2v) is 9.23. The van der Waals surface area contributed by atoms with Gasteiger partial charge >= 0.3 is 0 Å². The minimum atomic E-state index is -0.0527. The average Bonchev–Trinajstić information content (AvgIpc) is 3.41. The number of methoxy groups -OCH3 is 2. The Morgan fingerprint density at radius 3 is 1.29 bits per heavy atom. The Labute approximate surface area is 200 Å². The zero-order valence-electron chi connectivity index (χ0n) is 19.9. The van der Waals surface area contributed by atoms with E-state index in [-0.39, 0.29) is 24.0 Å². The SMILES string of the molecule is COc1ccc(C2Oc3c(c4c(c5ccccc35)OC(c3ccc(OC)cc3)C4C)C2C)cc1. The lowest BCUT2D eigenvalue weighted by molar-refractivity contribution is 0.215. The molecule has 4 aromatic rings. The maximum absolute atomic E-state index is 6.72. The van der Waals surface area contributed by atoms with Gasteiger partial charge in [-0.15, -0.1) is 0 Å². The molecule has 4 aromatic carbocycles. The minimum absolute atomic E-state index is 0.0527. The molecule has 4 nitrogen and oxygen atoms in total. The van der Waals surface area contributed by atoms with Crippen molar-refractivity contribution in [2.24, 2.45) is 0 Å². The normalized spacial score (nSPS) is 22.6. The van der Waals surface area contributed by atoms with Crippen molar-refractivity contribution in [3.63, 3.8) is 0 Å². The van der Waals surface area contributed by atoms with E-state index in [9.17, 15) is 0 Å². The summed E-state index contributed by atoms with van der Waals surface area (Å²) in [7, 11) is 3.38. The number of benzene rings is 4. The van der Waals surface area contributed by atoms with Crippen LogP contribution in [0.4, 0.5) is 0 Å². The summed E-state index contributed by atoms with van der Waals surface area (Å²) in [6, 6.07) is 24.9. The number of rotatable bonds is 4. The Kier molecular flexibility index (Phi) is 4.91. The lowest BCUT2D eigenvalue weighted by atomic mass is 9.82. The highest BCUT2D eigenvalue weighted by Crippen LogP contribution is 2.60. The van der Waals surface area contributed by atoms with E-state index in [1.54, 1.807) is 14.2 Å². The molecule has 0 aliphatic carbocycles. The van der Waals surface area contributed by atoms with Crippen LogP contribution in [-0.4, -0.2) is 14.2 Å². The number of hydrogen-bond donors (Lipinski definition) is 0. The van der Waals surface area contributed by atoms with Gasteiger partial charge in [-0.2, -0.15) is 0 Å². The monoisotopic (exact) mass is 452 g/mol. The van der Waals surface area contributed by atoms with Crippen molar-refractivity contribution >= 4 is 10.8 Å². The highest BCUT2D eigenvalue weighted by molar-refractivity contribution is 5.97. The quantitative estimate of drug-likeness (QED) is 0.325. The van der Waals surface area contributed by atoms with Crippen molar-refractivity contribution in [1.82, 2.24) is 0 Å². The van der Waals surface area contributed by atoms with E-state index in [2.05, 4.69) is 62.4 Å². The number of fused-ring (bicyclic) bond motifs is 6. The molecule has 2 heterocycles. The Morgan fingerprint density at radius 2 is 0.941 bits per heavy atom. The molecule has 172 valence electrons. The third-order valence-electron chi connectivity index (χ3n) is 7.39. The van der Waals surface area contributed by atoms with Crippen LogP contribution in [0.5, 0.6) is 23.0 Å². The summed E-state index contributed by atoms with van der Waals surface area (Å²) in [4.78, 5) is 0. The molecule has 6 rings (SSSR count). The van der Waals surface area contributed by atoms with Crippen LogP contribution in [0.1, 0.15) is 60.1 Å². The first kappa shape index (κ1) is 20.9. The van der Waals surface area contributed by atoms with Crippen molar-refractivity contribution in [2.45, 2.75) is 37.9 Å². The van der Waals surface area contributed by atoms with E-state index in [1.165, 1.54) is 11.1 Å². The molecule has 0 saturated carbocycles. The average molecular weight is 453 g/mol. The van der Waals surface area contributed by atoms with Gasteiger partial charge in [-0.05, 0) is 35.4 Å². The second-order valence-electron chi connectivity index (χ2n) is 9.23. The highest BCUT2D eigenvalue weighted by atomic mass is 16.5. The van der Waals surface area contributed by atoms with Crippen LogP contribution in [0, 0.1) is 0 Å². The van der Waals surface area contributed by atoms with E-state index < -0.39 is 0 Å². The number of ether oxygens (including phenoxy) is 4. The lowest BCUT2D eigenvalue weighted by Crippen LogP contribution is -2.09. The molecule has 4 atom stereocenters. The van der Waals surface area contributed by atoms with Gasteiger partial charge in [-0.3, -0.25) is 0 Å². The molecule has 0 fully saturated rings. The fourth-order valence-corrected chi connectivity index (χ4v) is 5.63. The van der Waals surface area contributed by atoms with Crippen molar-refractivity contribution in [3.8, 4) is 23.0 Å².